The Morgan fingerprint density at radius 3 is 3.13 bits per heavy atom. The van der Waals surface area contributed by atoms with Crippen LogP contribution in [0.1, 0.15) is 17.0 Å². The lowest BCUT2D eigenvalue weighted by Crippen LogP contribution is -2.29. The summed E-state index contributed by atoms with van der Waals surface area (Å²) in [7, 11) is 0. The van der Waals surface area contributed by atoms with Crippen molar-refractivity contribution in [1.29, 1.82) is 5.26 Å². The van der Waals surface area contributed by atoms with Gasteiger partial charge >= 0.3 is 0 Å². The normalized spacial score (nSPS) is 17.3. The van der Waals surface area contributed by atoms with Gasteiger partial charge in [-0.1, -0.05) is 6.07 Å². The molecule has 1 atom stereocenters. The molecule has 1 aliphatic heterocycles. The molecule has 3 rings (SSSR count). The number of amides is 1. The summed E-state index contributed by atoms with van der Waals surface area (Å²) in [5.41, 5.74) is 0.162. The lowest BCUT2D eigenvalue weighted by Gasteiger charge is -2.15. The predicted molar refractivity (Wildman–Crippen MR) is 85.7 cm³/mol. The largest absolute Gasteiger partial charge is 0.470 e. The number of thiophene rings is 1. The Balaban J connectivity index is 1.58. The quantitative estimate of drug-likeness (QED) is 0.804. The summed E-state index contributed by atoms with van der Waals surface area (Å²) in [4.78, 5) is 22.9. The number of nitrogens with zero attached hydrogens (tertiary/aromatic N) is 4. The summed E-state index contributed by atoms with van der Waals surface area (Å²) in [6, 6.07) is 5.86. The van der Waals surface area contributed by atoms with Gasteiger partial charge in [0.25, 0.3) is 5.88 Å². The topological polar surface area (TPSA) is 79.1 Å². The highest BCUT2D eigenvalue weighted by atomic mass is 32.1. The zero-order valence-electron chi connectivity index (χ0n) is 12.3. The van der Waals surface area contributed by atoms with Gasteiger partial charge in [-0.15, -0.1) is 11.3 Å². The SMILES string of the molecule is N#Cc1nccnc1O[C@H]1CCN(C(=O)/C=C/c2cccs2)C1. The molecule has 0 aromatic carbocycles. The van der Waals surface area contributed by atoms with Crippen LogP contribution in [0.2, 0.25) is 0 Å². The molecule has 0 unspecified atom stereocenters. The van der Waals surface area contributed by atoms with Gasteiger partial charge in [0.2, 0.25) is 11.6 Å². The van der Waals surface area contributed by atoms with E-state index in [4.69, 9.17) is 10.00 Å². The molecule has 2 aromatic heterocycles. The van der Waals surface area contributed by atoms with Crippen molar-refractivity contribution in [3.63, 3.8) is 0 Å². The average molecular weight is 326 g/mol. The molecule has 23 heavy (non-hydrogen) atoms. The minimum Gasteiger partial charge on any atom is -0.470 e. The molecule has 3 heterocycles. The van der Waals surface area contributed by atoms with Crippen LogP contribution in [0.5, 0.6) is 5.88 Å². The van der Waals surface area contributed by atoms with Crippen LogP contribution in [0.15, 0.2) is 36.0 Å². The summed E-state index contributed by atoms with van der Waals surface area (Å²) in [6.45, 7) is 1.11. The molecule has 1 aliphatic rings. The van der Waals surface area contributed by atoms with E-state index >= 15 is 0 Å². The Bertz CT molecular complexity index is 752. The van der Waals surface area contributed by atoms with Gasteiger partial charge in [0.15, 0.2) is 0 Å². The van der Waals surface area contributed by atoms with Crippen LogP contribution in [-0.4, -0.2) is 40.0 Å². The molecule has 2 aromatic rings. The van der Waals surface area contributed by atoms with Crippen LogP contribution < -0.4 is 4.74 Å². The molecular weight excluding hydrogens is 312 g/mol. The van der Waals surface area contributed by atoms with Crippen LogP contribution >= 0.6 is 11.3 Å². The molecule has 1 amide bonds. The maximum atomic E-state index is 12.2. The number of likely N-dealkylation sites (tertiary alicyclic amines) is 1. The predicted octanol–water partition coefficient (Wildman–Crippen LogP) is 2.10. The standard InChI is InChI=1S/C16H14N4O2S/c17-10-14-16(19-7-6-18-14)22-12-5-8-20(11-12)15(21)4-3-13-2-1-9-23-13/h1-4,6-7,9,12H,5,8,11H2/b4-3+/t12-/m0/s1. The van der Waals surface area contributed by atoms with E-state index in [1.165, 1.54) is 12.4 Å². The van der Waals surface area contributed by atoms with Crippen molar-refractivity contribution in [1.82, 2.24) is 14.9 Å². The first-order valence-electron chi connectivity index (χ1n) is 7.14. The van der Waals surface area contributed by atoms with Gasteiger partial charge in [-0.05, 0) is 17.5 Å². The molecule has 0 saturated carbocycles. The van der Waals surface area contributed by atoms with Crippen molar-refractivity contribution >= 4 is 23.3 Å². The molecule has 0 aliphatic carbocycles. The van der Waals surface area contributed by atoms with Gasteiger partial charge in [-0.25, -0.2) is 9.97 Å². The second-order valence-electron chi connectivity index (χ2n) is 4.98. The fourth-order valence-electron chi connectivity index (χ4n) is 2.32. The molecule has 0 bridgehead atoms. The lowest BCUT2D eigenvalue weighted by atomic mass is 10.3. The fourth-order valence-corrected chi connectivity index (χ4v) is 2.93. The Kier molecular flexibility index (Phi) is 4.64. The summed E-state index contributed by atoms with van der Waals surface area (Å²) < 4.78 is 5.72. The second kappa shape index (κ2) is 7.03. The van der Waals surface area contributed by atoms with Crippen LogP contribution in [0.4, 0.5) is 0 Å². The van der Waals surface area contributed by atoms with E-state index in [0.717, 1.165) is 4.88 Å². The van der Waals surface area contributed by atoms with Gasteiger partial charge < -0.3 is 9.64 Å². The van der Waals surface area contributed by atoms with Crippen molar-refractivity contribution in [3.8, 4) is 11.9 Å². The highest BCUT2D eigenvalue weighted by Crippen LogP contribution is 2.19. The number of rotatable bonds is 4. The third kappa shape index (κ3) is 3.73. The Hall–Kier alpha value is -2.72. The van der Waals surface area contributed by atoms with Crippen LogP contribution in [-0.2, 0) is 4.79 Å². The lowest BCUT2D eigenvalue weighted by molar-refractivity contribution is -0.125. The van der Waals surface area contributed by atoms with E-state index in [9.17, 15) is 4.79 Å². The van der Waals surface area contributed by atoms with E-state index in [1.807, 2.05) is 29.7 Å². The van der Waals surface area contributed by atoms with Crippen LogP contribution in [0.3, 0.4) is 0 Å². The molecule has 7 heteroatoms. The van der Waals surface area contributed by atoms with Crippen LogP contribution in [0.25, 0.3) is 6.08 Å². The number of aromatic nitrogens is 2. The highest BCUT2D eigenvalue weighted by Gasteiger charge is 2.27. The van der Waals surface area contributed by atoms with E-state index in [0.29, 0.717) is 19.5 Å². The van der Waals surface area contributed by atoms with Gasteiger partial charge in [0.05, 0.1) is 6.54 Å². The summed E-state index contributed by atoms with van der Waals surface area (Å²) in [5.74, 6) is 0.188. The first-order valence-corrected chi connectivity index (χ1v) is 8.02. The van der Waals surface area contributed by atoms with Crippen molar-refractivity contribution in [2.45, 2.75) is 12.5 Å². The third-order valence-corrected chi connectivity index (χ3v) is 4.28. The van der Waals surface area contributed by atoms with Crippen molar-refractivity contribution in [2.24, 2.45) is 0 Å². The molecule has 0 spiro atoms. The number of carbonyl (C=O) groups is 1. The zero-order valence-corrected chi connectivity index (χ0v) is 13.1. The Labute approximate surface area is 137 Å². The maximum Gasteiger partial charge on any atom is 0.251 e. The molecule has 116 valence electrons. The number of carbonyl (C=O) groups excluding carboxylic acids is 1. The molecule has 0 radical (unpaired) electrons. The van der Waals surface area contributed by atoms with Crippen molar-refractivity contribution in [2.75, 3.05) is 13.1 Å². The molecule has 0 N–H and O–H groups in total. The van der Waals surface area contributed by atoms with Crippen molar-refractivity contribution in [3.05, 3.63) is 46.6 Å². The van der Waals surface area contributed by atoms with Gasteiger partial charge in [0, 0.05) is 36.3 Å². The minimum atomic E-state index is -0.169. The summed E-state index contributed by atoms with van der Waals surface area (Å²) >= 11 is 1.59. The molecule has 1 fully saturated rings. The molecule has 1 saturated heterocycles. The van der Waals surface area contributed by atoms with E-state index in [1.54, 1.807) is 22.3 Å². The smallest absolute Gasteiger partial charge is 0.251 e. The Morgan fingerprint density at radius 1 is 1.48 bits per heavy atom. The first-order chi connectivity index (χ1) is 11.3. The first kappa shape index (κ1) is 15.2. The number of nitriles is 1. The summed E-state index contributed by atoms with van der Waals surface area (Å²) in [5, 5.41) is 11.0. The van der Waals surface area contributed by atoms with Gasteiger partial charge in [-0.3, -0.25) is 4.79 Å². The number of ether oxygens (including phenoxy) is 1. The van der Waals surface area contributed by atoms with Crippen LogP contribution in [0, 0.1) is 11.3 Å². The average Bonchev–Trinajstić information content (AvgIpc) is 3.25. The monoisotopic (exact) mass is 326 g/mol. The molecule has 6 nitrogen and oxygen atoms in total. The van der Waals surface area contributed by atoms with E-state index < -0.39 is 0 Å². The second-order valence-corrected chi connectivity index (χ2v) is 5.96. The zero-order chi connectivity index (χ0) is 16.1. The van der Waals surface area contributed by atoms with Crippen molar-refractivity contribution < 1.29 is 9.53 Å². The van der Waals surface area contributed by atoms with Gasteiger partial charge in [-0.2, -0.15) is 5.26 Å². The van der Waals surface area contributed by atoms with E-state index in [2.05, 4.69) is 9.97 Å². The Morgan fingerprint density at radius 2 is 2.35 bits per heavy atom. The third-order valence-electron chi connectivity index (χ3n) is 3.44. The van der Waals surface area contributed by atoms with Gasteiger partial charge in [0.1, 0.15) is 12.2 Å². The summed E-state index contributed by atoms with van der Waals surface area (Å²) in [6.07, 6.45) is 6.87. The maximum absolute atomic E-state index is 12.2. The number of hydrogen-bond donors (Lipinski definition) is 0. The van der Waals surface area contributed by atoms with E-state index in [-0.39, 0.29) is 23.6 Å². The fraction of sp³-hybridized carbons (Fsp3) is 0.250. The highest BCUT2D eigenvalue weighted by molar-refractivity contribution is 7.10. The number of hydrogen-bond acceptors (Lipinski definition) is 6. The molecular formula is C16H14N4O2S. The minimum absolute atomic E-state index is 0.0378.